The van der Waals surface area contributed by atoms with Gasteiger partial charge in [0.05, 0.1) is 6.20 Å². The molecule has 0 aliphatic rings. The molecular formula is C10H11FN4. The quantitative estimate of drug-likeness (QED) is 0.779. The minimum absolute atomic E-state index is 0.334. The molecule has 0 unspecified atom stereocenters. The van der Waals surface area contributed by atoms with E-state index < -0.39 is 0 Å². The van der Waals surface area contributed by atoms with E-state index in [0.717, 1.165) is 5.57 Å². The molecular weight excluding hydrogens is 195 g/mol. The highest BCUT2D eigenvalue weighted by molar-refractivity contribution is 5.43. The van der Waals surface area contributed by atoms with Gasteiger partial charge >= 0.3 is 0 Å². The number of hydrogen-bond donors (Lipinski definition) is 1. The summed E-state index contributed by atoms with van der Waals surface area (Å²) in [6.07, 6.45) is 1.29. The van der Waals surface area contributed by atoms with E-state index in [1.165, 1.54) is 16.8 Å². The molecule has 0 bridgehead atoms. The van der Waals surface area contributed by atoms with Crippen LogP contribution in [0.1, 0.15) is 6.92 Å². The van der Waals surface area contributed by atoms with E-state index in [-0.39, 0.29) is 5.82 Å². The third-order valence-corrected chi connectivity index (χ3v) is 1.84. The van der Waals surface area contributed by atoms with Gasteiger partial charge in [0, 0.05) is 6.54 Å². The Labute approximate surface area is 86.4 Å². The lowest BCUT2D eigenvalue weighted by molar-refractivity contribution is 0.615. The van der Waals surface area contributed by atoms with Crippen LogP contribution in [-0.4, -0.2) is 21.1 Å². The van der Waals surface area contributed by atoms with Crippen molar-refractivity contribution in [2.75, 3.05) is 11.9 Å². The Hall–Kier alpha value is -1.91. The van der Waals surface area contributed by atoms with E-state index in [2.05, 4.69) is 22.0 Å². The molecule has 2 heterocycles. The van der Waals surface area contributed by atoms with Crippen molar-refractivity contribution < 1.29 is 4.39 Å². The Bertz CT molecular complexity index is 503. The normalized spacial score (nSPS) is 10.5. The number of nitrogens with one attached hydrogen (secondary N) is 1. The summed E-state index contributed by atoms with van der Waals surface area (Å²) < 4.78 is 14.2. The highest BCUT2D eigenvalue weighted by atomic mass is 19.1. The predicted octanol–water partition coefficient (Wildman–Crippen LogP) is 1.86. The molecule has 0 amide bonds. The fourth-order valence-electron chi connectivity index (χ4n) is 1.16. The first kappa shape index (κ1) is 9.64. The average Bonchev–Trinajstić information content (AvgIpc) is 2.56. The summed E-state index contributed by atoms with van der Waals surface area (Å²) in [6.45, 7) is 6.27. The maximum Gasteiger partial charge on any atom is 0.243 e. The topological polar surface area (TPSA) is 42.2 Å². The molecule has 4 nitrogen and oxygen atoms in total. The van der Waals surface area contributed by atoms with E-state index in [0.29, 0.717) is 18.1 Å². The molecule has 5 heteroatoms. The molecule has 0 fully saturated rings. The van der Waals surface area contributed by atoms with Gasteiger partial charge in [-0.3, -0.25) is 0 Å². The van der Waals surface area contributed by atoms with E-state index in [1.807, 2.05) is 6.92 Å². The van der Waals surface area contributed by atoms with Crippen molar-refractivity contribution in [3.8, 4) is 0 Å². The Kier molecular flexibility index (Phi) is 2.37. The van der Waals surface area contributed by atoms with E-state index in [9.17, 15) is 4.39 Å². The molecule has 0 aliphatic carbocycles. The van der Waals surface area contributed by atoms with Crippen LogP contribution in [0.3, 0.4) is 0 Å². The zero-order valence-corrected chi connectivity index (χ0v) is 8.37. The maximum absolute atomic E-state index is 12.8. The number of anilines is 1. The fraction of sp³-hybridized carbons (Fsp3) is 0.200. The zero-order valence-electron chi connectivity index (χ0n) is 8.37. The summed E-state index contributed by atoms with van der Waals surface area (Å²) in [5.74, 6) is 0.141. The largest absolute Gasteiger partial charge is 0.349 e. The van der Waals surface area contributed by atoms with Gasteiger partial charge in [0.1, 0.15) is 5.82 Å². The Morgan fingerprint density at radius 1 is 1.60 bits per heavy atom. The molecule has 0 saturated heterocycles. The first-order valence-corrected chi connectivity index (χ1v) is 4.55. The zero-order chi connectivity index (χ0) is 10.8. The van der Waals surface area contributed by atoms with Crippen molar-refractivity contribution in [1.82, 2.24) is 14.6 Å². The van der Waals surface area contributed by atoms with Gasteiger partial charge in [-0.2, -0.15) is 4.98 Å². The molecule has 0 spiro atoms. The second kappa shape index (κ2) is 3.68. The summed E-state index contributed by atoms with van der Waals surface area (Å²) in [6, 6.07) is 2.93. The van der Waals surface area contributed by atoms with Gasteiger partial charge in [0.2, 0.25) is 5.95 Å². The lowest BCUT2D eigenvalue weighted by Crippen LogP contribution is -2.03. The van der Waals surface area contributed by atoms with Crippen LogP contribution in [0.25, 0.3) is 5.65 Å². The van der Waals surface area contributed by atoms with Gasteiger partial charge in [-0.05, 0) is 19.1 Å². The first-order chi connectivity index (χ1) is 7.15. The Morgan fingerprint density at radius 3 is 3.13 bits per heavy atom. The van der Waals surface area contributed by atoms with Crippen LogP contribution in [0.2, 0.25) is 0 Å². The number of rotatable bonds is 3. The highest BCUT2D eigenvalue weighted by Crippen LogP contribution is 2.06. The number of pyridine rings is 1. The molecule has 2 aromatic heterocycles. The lowest BCUT2D eigenvalue weighted by atomic mass is 10.3. The molecule has 0 aromatic carbocycles. The Morgan fingerprint density at radius 2 is 2.40 bits per heavy atom. The monoisotopic (exact) mass is 206 g/mol. The van der Waals surface area contributed by atoms with Crippen LogP contribution in [0.5, 0.6) is 0 Å². The summed E-state index contributed by atoms with van der Waals surface area (Å²) in [7, 11) is 0. The number of aromatic nitrogens is 3. The maximum atomic E-state index is 12.8. The fourth-order valence-corrected chi connectivity index (χ4v) is 1.16. The van der Waals surface area contributed by atoms with Crippen LogP contribution in [0.15, 0.2) is 30.5 Å². The highest BCUT2D eigenvalue weighted by Gasteiger charge is 2.02. The molecule has 15 heavy (non-hydrogen) atoms. The van der Waals surface area contributed by atoms with Crippen molar-refractivity contribution in [2.24, 2.45) is 0 Å². The number of hydrogen-bond acceptors (Lipinski definition) is 3. The van der Waals surface area contributed by atoms with E-state index in [4.69, 9.17) is 0 Å². The first-order valence-electron chi connectivity index (χ1n) is 4.55. The molecule has 0 radical (unpaired) electrons. The van der Waals surface area contributed by atoms with Crippen molar-refractivity contribution >= 4 is 11.6 Å². The summed E-state index contributed by atoms with van der Waals surface area (Å²) in [5, 5.41) is 7.05. The van der Waals surface area contributed by atoms with E-state index >= 15 is 0 Å². The second-order valence-corrected chi connectivity index (χ2v) is 3.40. The van der Waals surface area contributed by atoms with Gasteiger partial charge in [-0.15, -0.1) is 5.10 Å². The van der Waals surface area contributed by atoms with Gasteiger partial charge in [-0.25, -0.2) is 8.91 Å². The van der Waals surface area contributed by atoms with Crippen LogP contribution < -0.4 is 5.32 Å². The number of fused-ring (bicyclic) bond motifs is 1. The molecule has 1 N–H and O–H groups in total. The third kappa shape index (κ3) is 2.12. The van der Waals surface area contributed by atoms with Crippen LogP contribution in [0.4, 0.5) is 10.3 Å². The second-order valence-electron chi connectivity index (χ2n) is 3.40. The van der Waals surface area contributed by atoms with Gasteiger partial charge in [-0.1, -0.05) is 12.2 Å². The smallest absolute Gasteiger partial charge is 0.243 e. The molecule has 0 aliphatic heterocycles. The van der Waals surface area contributed by atoms with Crippen molar-refractivity contribution in [1.29, 1.82) is 0 Å². The molecule has 2 rings (SSSR count). The predicted molar refractivity (Wildman–Crippen MR) is 56.2 cm³/mol. The van der Waals surface area contributed by atoms with Crippen LogP contribution >= 0.6 is 0 Å². The van der Waals surface area contributed by atoms with Crippen molar-refractivity contribution in [3.63, 3.8) is 0 Å². The summed E-state index contributed by atoms with van der Waals surface area (Å²) in [4.78, 5) is 4.16. The minimum atomic E-state index is -0.334. The van der Waals surface area contributed by atoms with Gasteiger partial charge < -0.3 is 5.32 Å². The van der Waals surface area contributed by atoms with Crippen LogP contribution in [-0.2, 0) is 0 Å². The third-order valence-electron chi connectivity index (χ3n) is 1.84. The molecule has 2 aromatic rings. The Balaban J connectivity index is 2.27. The van der Waals surface area contributed by atoms with Crippen molar-refractivity contribution in [2.45, 2.75) is 6.92 Å². The van der Waals surface area contributed by atoms with Gasteiger partial charge in [0.25, 0.3) is 0 Å². The van der Waals surface area contributed by atoms with E-state index in [1.54, 1.807) is 6.07 Å². The number of nitrogens with zero attached hydrogens (tertiary/aromatic N) is 3. The van der Waals surface area contributed by atoms with Crippen LogP contribution in [0, 0.1) is 5.82 Å². The van der Waals surface area contributed by atoms with Crippen molar-refractivity contribution in [3.05, 3.63) is 36.3 Å². The standard InChI is InChI=1S/C10H11FN4/c1-7(2)5-12-10-13-9-4-3-8(11)6-15(9)14-10/h3-4,6H,1,5H2,2H3,(H,12,14). The molecule has 0 saturated carbocycles. The molecule has 78 valence electrons. The average molecular weight is 206 g/mol. The summed E-state index contributed by atoms with van der Waals surface area (Å²) in [5.41, 5.74) is 1.60. The summed E-state index contributed by atoms with van der Waals surface area (Å²) >= 11 is 0. The number of halogens is 1. The van der Waals surface area contributed by atoms with Gasteiger partial charge in [0.15, 0.2) is 5.65 Å². The SMILES string of the molecule is C=C(C)CNc1nc2ccc(F)cn2n1. The molecule has 0 atom stereocenters. The minimum Gasteiger partial charge on any atom is -0.349 e. The lowest BCUT2D eigenvalue weighted by Gasteiger charge is -1.98.